The van der Waals surface area contributed by atoms with Gasteiger partial charge in [-0.3, -0.25) is 9.78 Å². The highest BCUT2D eigenvalue weighted by Crippen LogP contribution is 2.27. The third-order valence-corrected chi connectivity index (χ3v) is 4.25. The minimum absolute atomic E-state index is 0.101. The highest BCUT2D eigenvalue weighted by molar-refractivity contribution is 6.04. The number of rotatable bonds is 7. The van der Waals surface area contributed by atoms with Gasteiger partial charge in [0.1, 0.15) is 22.4 Å². The molecule has 3 aromatic heterocycles. The maximum absolute atomic E-state index is 11.7. The Morgan fingerprint density at radius 3 is 2.96 bits per heavy atom. The third-order valence-electron chi connectivity index (χ3n) is 4.25. The van der Waals surface area contributed by atoms with E-state index in [1.807, 2.05) is 19.1 Å². The smallest absolute Gasteiger partial charge is 0.243 e. The zero-order chi connectivity index (χ0) is 18.5. The van der Waals surface area contributed by atoms with Crippen molar-refractivity contribution < 1.29 is 4.79 Å². The van der Waals surface area contributed by atoms with Gasteiger partial charge in [-0.25, -0.2) is 9.97 Å². The zero-order valence-electron chi connectivity index (χ0n) is 15.2. The van der Waals surface area contributed by atoms with Crippen LogP contribution in [-0.2, 0) is 17.8 Å². The van der Waals surface area contributed by atoms with Crippen LogP contribution in [0.1, 0.15) is 32.5 Å². The lowest BCUT2D eigenvalue weighted by atomic mass is 10.2. The fourth-order valence-electron chi connectivity index (χ4n) is 3.04. The summed E-state index contributed by atoms with van der Waals surface area (Å²) in [6, 6.07) is 3.74. The first-order valence-electron chi connectivity index (χ1n) is 8.95. The van der Waals surface area contributed by atoms with Crippen LogP contribution in [0.4, 0.5) is 5.82 Å². The van der Waals surface area contributed by atoms with Crippen molar-refractivity contribution in [2.45, 2.75) is 39.7 Å². The Kier molecular flexibility index (Phi) is 5.46. The van der Waals surface area contributed by atoms with E-state index in [0.717, 1.165) is 41.6 Å². The minimum Gasteiger partial charge on any atom is -0.382 e. The average molecular weight is 352 g/mol. The van der Waals surface area contributed by atoms with Crippen molar-refractivity contribution in [3.63, 3.8) is 0 Å². The maximum atomic E-state index is 11.7. The molecule has 3 N–H and O–H groups in total. The molecule has 136 valence electrons. The van der Waals surface area contributed by atoms with Crippen LogP contribution in [0.25, 0.3) is 22.1 Å². The number of hydrogen-bond donors (Lipinski definition) is 2. The van der Waals surface area contributed by atoms with Crippen LogP contribution in [0, 0.1) is 0 Å². The summed E-state index contributed by atoms with van der Waals surface area (Å²) in [7, 11) is 0. The minimum atomic E-state index is -0.101. The Hall–Kier alpha value is -2.96. The summed E-state index contributed by atoms with van der Waals surface area (Å²) in [6.07, 6.45) is 7.94. The number of aromatic nitrogens is 4. The van der Waals surface area contributed by atoms with Crippen LogP contribution in [0.5, 0.6) is 0 Å². The summed E-state index contributed by atoms with van der Waals surface area (Å²) < 4.78 is 2.12. The second kappa shape index (κ2) is 7.95. The number of anilines is 1. The van der Waals surface area contributed by atoms with E-state index in [9.17, 15) is 4.79 Å². The van der Waals surface area contributed by atoms with Gasteiger partial charge in [-0.2, -0.15) is 0 Å². The molecule has 3 aromatic rings. The molecule has 0 aliphatic rings. The van der Waals surface area contributed by atoms with E-state index in [0.29, 0.717) is 24.4 Å². The molecule has 3 rings (SSSR count). The lowest BCUT2D eigenvalue weighted by Gasteiger charge is -2.10. The number of amides is 1. The summed E-state index contributed by atoms with van der Waals surface area (Å²) in [5.41, 5.74) is 9.26. The van der Waals surface area contributed by atoms with E-state index >= 15 is 0 Å². The number of carbonyl (C=O) groups is 1. The van der Waals surface area contributed by atoms with Crippen molar-refractivity contribution >= 4 is 33.8 Å². The van der Waals surface area contributed by atoms with E-state index in [-0.39, 0.29) is 5.91 Å². The van der Waals surface area contributed by atoms with Crippen LogP contribution in [-0.4, -0.2) is 32.0 Å². The predicted molar refractivity (Wildman–Crippen MR) is 104 cm³/mol. The first-order valence-corrected chi connectivity index (χ1v) is 8.95. The highest BCUT2D eigenvalue weighted by atomic mass is 16.1. The van der Waals surface area contributed by atoms with Gasteiger partial charge in [-0.05, 0) is 31.6 Å². The molecule has 0 atom stereocenters. The molecule has 3 heterocycles. The van der Waals surface area contributed by atoms with Gasteiger partial charge in [-0.1, -0.05) is 19.4 Å². The quantitative estimate of drug-likeness (QED) is 0.637. The largest absolute Gasteiger partial charge is 0.382 e. The molecule has 7 nitrogen and oxygen atoms in total. The van der Waals surface area contributed by atoms with Gasteiger partial charge in [0.05, 0.1) is 5.52 Å². The van der Waals surface area contributed by atoms with Gasteiger partial charge < -0.3 is 15.6 Å². The molecule has 0 radical (unpaired) electrons. The van der Waals surface area contributed by atoms with Crippen molar-refractivity contribution in [3.8, 4) is 0 Å². The molecular weight excluding hydrogens is 328 g/mol. The van der Waals surface area contributed by atoms with E-state index in [1.165, 1.54) is 6.08 Å². The van der Waals surface area contributed by atoms with Crippen LogP contribution in [0.2, 0.25) is 0 Å². The Morgan fingerprint density at radius 2 is 2.19 bits per heavy atom. The van der Waals surface area contributed by atoms with Gasteiger partial charge in [0, 0.05) is 25.7 Å². The summed E-state index contributed by atoms with van der Waals surface area (Å²) in [5.74, 6) is 1.26. The molecule has 0 saturated heterocycles. The standard InChI is InChI=1S/C19H24N6O/c1-3-5-9-14-24-17-18(25(14)12-11-21-15(26)7-4-2)16-13(23-19(17)20)8-6-10-22-16/h4,6-8,10H,3,5,9,11-12H2,1-2H3,(H2,20,23)(H,21,26). The molecule has 0 aromatic carbocycles. The monoisotopic (exact) mass is 352 g/mol. The Balaban J connectivity index is 2.05. The van der Waals surface area contributed by atoms with Crippen molar-refractivity contribution in [1.29, 1.82) is 0 Å². The number of unbranched alkanes of at least 4 members (excludes halogenated alkanes) is 1. The van der Waals surface area contributed by atoms with Crippen molar-refractivity contribution in [2.24, 2.45) is 0 Å². The van der Waals surface area contributed by atoms with Gasteiger partial charge >= 0.3 is 0 Å². The molecule has 0 saturated carbocycles. The molecule has 0 fully saturated rings. The van der Waals surface area contributed by atoms with Crippen LogP contribution in [0.15, 0.2) is 30.5 Å². The van der Waals surface area contributed by atoms with E-state index in [4.69, 9.17) is 10.7 Å². The predicted octanol–water partition coefficient (Wildman–Crippen LogP) is 2.60. The lowest BCUT2D eigenvalue weighted by molar-refractivity contribution is -0.116. The van der Waals surface area contributed by atoms with E-state index in [1.54, 1.807) is 12.3 Å². The van der Waals surface area contributed by atoms with Gasteiger partial charge in [0.15, 0.2) is 5.82 Å². The van der Waals surface area contributed by atoms with Gasteiger partial charge in [0.2, 0.25) is 5.91 Å². The molecule has 0 aliphatic carbocycles. The molecule has 0 aliphatic heterocycles. The van der Waals surface area contributed by atoms with E-state index in [2.05, 4.69) is 26.8 Å². The third kappa shape index (κ3) is 3.51. The number of hydrogen-bond acceptors (Lipinski definition) is 5. The molecule has 0 bridgehead atoms. The maximum Gasteiger partial charge on any atom is 0.243 e. The number of nitrogen functional groups attached to an aromatic ring is 1. The van der Waals surface area contributed by atoms with E-state index < -0.39 is 0 Å². The summed E-state index contributed by atoms with van der Waals surface area (Å²) in [4.78, 5) is 25.4. The fourth-order valence-corrected chi connectivity index (χ4v) is 3.04. The second-order valence-electron chi connectivity index (χ2n) is 6.14. The average Bonchev–Trinajstić information content (AvgIpc) is 3.00. The molecule has 7 heteroatoms. The number of imidazole rings is 1. The first kappa shape index (κ1) is 17.8. The second-order valence-corrected chi connectivity index (χ2v) is 6.14. The number of allylic oxidation sites excluding steroid dienone is 1. The highest BCUT2D eigenvalue weighted by Gasteiger charge is 2.17. The molecular formula is C19H24N6O. The zero-order valence-corrected chi connectivity index (χ0v) is 15.2. The fraction of sp³-hybridized carbons (Fsp3) is 0.368. The Labute approximate surface area is 152 Å². The number of carbonyl (C=O) groups excluding carboxylic acids is 1. The van der Waals surface area contributed by atoms with Crippen molar-refractivity contribution in [3.05, 3.63) is 36.3 Å². The first-order chi connectivity index (χ1) is 12.7. The molecule has 0 unspecified atom stereocenters. The van der Waals surface area contributed by atoms with Crippen LogP contribution in [0.3, 0.4) is 0 Å². The topological polar surface area (TPSA) is 98.7 Å². The molecule has 26 heavy (non-hydrogen) atoms. The molecule has 1 amide bonds. The van der Waals surface area contributed by atoms with Crippen LogP contribution >= 0.6 is 0 Å². The van der Waals surface area contributed by atoms with Gasteiger partial charge in [-0.15, -0.1) is 0 Å². The van der Waals surface area contributed by atoms with Gasteiger partial charge in [0.25, 0.3) is 0 Å². The summed E-state index contributed by atoms with van der Waals surface area (Å²) in [5, 5.41) is 2.89. The molecule has 0 spiro atoms. The van der Waals surface area contributed by atoms with Crippen molar-refractivity contribution in [1.82, 2.24) is 24.8 Å². The number of pyridine rings is 2. The van der Waals surface area contributed by atoms with Crippen LogP contribution < -0.4 is 11.1 Å². The number of aryl methyl sites for hydroxylation is 1. The number of fused-ring (bicyclic) bond motifs is 3. The normalized spacial score (nSPS) is 11.6. The Bertz CT molecular complexity index is 959. The summed E-state index contributed by atoms with van der Waals surface area (Å²) >= 11 is 0. The Morgan fingerprint density at radius 1 is 1.35 bits per heavy atom. The summed E-state index contributed by atoms with van der Waals surface area (Å²) in [6.45, 7) is 5.08. The van der Waals surface area contributed by atoms with Crippen molar-refractivity contribution in [2.75, 3.05) is 12.3 Å². The SMILES string of the molecule is CC=CC(=O)NCCn1c(CCCC)nc2c(N)nc3cccnc3c21. The number of nitrogens with one attached hydrogen (secondary N) is 1. The lowest BCUT2D eigenvalue weighted by Crippen LogP contribution is -2.26. The number of nitrogens with zero attached hydrogens (tertiary/aromatic N) is 4. The number of nitrogens with two attached hydrogens (primary N) is 1.